The first-order valence-electron chi connectivity index (χ1n) is 5.68. The Hall–Kier alpha value is -0.940. The molecule has 5 heteroatoms. The van der Waals surface area contributed by atoms with Crippen LogP contribution in [0.25, 0.3) is 0 Å². The molecule has 0 aromatic carbocycles. The molecule has 1 aliphatic rings. The maximum atomic E-state index is 5.13. The van der Waals surface area contributed by atoms with Gasteiger partial charge in [0.2, 0.25) is 0 Å². The van der Waals surface area contributed by atoms with E-state index in [1.54, 1.807) is 7.11 Å². The predicted molar refractivity (Wildman–Crippen MR) is 60.9 cm³/mol. The van der Waals surface area contributed by atoms with E-state index in [4.69, 9.17) is 4.74 Å². The van der Waals surface area contributed by atoms with Gasteiger partial charge in [-0.2, -0.15) is 0 Å². The molecule has 0 bridgehead atoms. The number of nitrogens with zero attached hydrogens (tertiary/aromatic N) is 3. The lowest BCUT2D eigenvalue weighted by molar-refractivity contribution is 0.169. The van der Waals surface area contributed by atoms with E-state index in [2.05, 4.69) is 40.9 Å². The Morgan fingerprint density at radius 2 is 2.19 bits per heavy atom. The number of hydrogen-bond donors (Lipinski definition) is 1. The molecule has 1 unspecified atom stereocenters. The number of hydrogen-bond acceptors (Lipinski definition) is 4. The van der Waals surface area contributed by atoms with Crippen LogP contribution in [-0.2, 0) is 17.9 Å². The molecule has 0 fully saturated rings. The van der Waals surface area contributed by atoms with Crippen molar-refractivity contribution < 1.29 is 4.74 Å². The largest absolute Gasteiger partial charge is 0.377 e. The van der Waals surface area contributed by atoms with Crippen LogP contribution in [0.4, 0.5) is 0 Å². The van der Waals surface area contributed by atoms with Crippen molar-refractivity contribution in [2.24, 2.45) is 5.41 Å². The molecule has 1 N–H and O–H groups in total. The molecule has 5 nitrogen and oxygen atoms in total. The molecule has 16 heavy (non-hydrogen) atoms. The summed E-state index contributed by atoms with van der Waals surface area (Å²) in [7, 11) is 1.68. The third kappa shape index (κ3) is 1.97. The van der Waals surface area contributed by atoms with Crippen LogP contribution < -0.4 is 5.32 Å². The summed E-state index contributed by atoms with van der Waals surface area (Å²) < 4.78 is 7.31. The maximum Gasteiger partial charge on any atom is 0.159 e. The highest BCUT2D eigenvalue weighted by atomic mass is 16.5. The molecule has 0 spiro atoms. The van der Waals surface area contributed by atoms with Crippen molar-refractivity contribution in [3.8, 4) is 0 Å². The fourth-order valence-electron chi connectivity index (χ4n) is 2.15. The van der Waals surface area contributed by atoms with E-state index in [0.717, 1.165) is 24.7 Å². The van der Waals surface area contributed by atoms with Gasteiger partial charge in [0.15, 0.2) is 11.6 Å². The lowest BCUT2D eigenvalue weighted by Crippen LogP contribution is -2.41. The number of ether oxygens (including phenoxy) is 1. The van der Waals surface area contributed by atoms with Gasteiger partial charge in [0.1, 0.15) is 6.61 Å². The molecular formula is C11H20N4O. The maximum absolute atomic E-state index is 5.13. The van der Waals surface area contributed by atoms with E-state index in [1.165, 1.54) is 0 Å². The van der Waals surface area contributed by atoms with Crippen LogP contribution >= 0.6 is 0 Å². The van der Waals surface area contributed by atoms with E-state index in [0.29, 0.717) is 6.61 Å². The van der Waals surface area contributed by atoms with Gasteiger partial charge in [-0.1, -0.05) is 20.8 Å². The molecule has 1 aromatic rings. The van der Waals surface area contributed by atoms with E-state index >= 15 is 0 Å². The van der Waals surface area contributed by atoms with E-state index in [9.17, 15) is 0 Å². The normalized spacial score (nSPS) is 20.9. The van der Waals surface area contributed by atoms with Gasteiger partial charge in [-0.05, 0) is 5.41 Å². The summed E-state index contributed by atoms with van der Waals surface area (Å²) >= 11 is 0. The average Bonchev–Trinajstić information content (AvgIpc) is 2.61. The number of fused-ring (bicyclic) bond motifs is 1. The Morgan fingerprint density at radius 3 is 2.81 bits per heavy atom. The standard InChI is InChI=1S/C11H20N4O/c1-11(2,3)9-10-14-13-8(7-16-4)15(10)6-5-12-9/h9,12H,5-7H2,1-4H3. The molecule has 1 atom stereocenters. The lowest BCUT2D eigenvalue weighted by atomic mass is 9.85. The first-order valence-corrected chi connectivity index (χ1v) is 5.68. The first-order chi connectivity index (χ1) is 7.54. The Kier molecular flexibility index (Phi) is 2.99. The third-order valence-electron chi connectivity index (χ3n) is 2.94. The van der Waals surface area contributed by atoms with Crippen molar-refractivity contribution in [1.29, 1.82) is 0 Å². The van der Waals surface area contributed by atoms with Gasteiger partial charge < -0.3 is 14.6 Å². The minimum absolute atomic E-state index is 0.148. The smallest absolute Gasteiger partial charge is 0.159 e. The fourth-order valence-corrected chi connectivity index (χ4v) is 2.15. The monoisotopic (exact) mass is 224 g/mol. The molecule has 1 aromatic heterocycles. The molecule has 2 rings (SSSR count). The Balaban J connectivity index is 2.33. The topological polar surface area (TPSA) is 52.0 Å². The Labute approximate surface area is 96.2 Å². The van der Waals surface area contributed by atoms with Crippen LogP contribution in [0.15, 0.2) is 0 Å². The molecule has 1 aliphatic heterocycles. The second-order valence-corrected chi connectivity index (χ2v) is 5.31. The van der Waals surface area contributed by atoms with Crippen LogP contribution in [0.1, 0.15) is 38.5 Å². The molecule has 90 valence electrons. The first kappa shape index (κ1) is 11.5. The zero-order chi connectivity index (χ0) is 11.8. The van der Waals surface area contributed by atoms with E-state index < -0.39 is 0 Å². The zero-order valence-electron chi connectivity index (χ0n) is 10.4. The Bertz CT molecular complexity index is 367. The van der Waals surface area contributed by atoms with Gasteiger partial charge in [-0.15, -0.1) is 10.2 Å². The van der Waals surface area contributed by atoms with Crippen LogP contribution in [0.5, 0.6) is 0 Å². The molecule has 0 amide bonds. The number of rotatable bonds is 2. The van der Waals surface area contributed by atoms with Crippen molar-refractivity contribution in [3.63, 3.8) is 0 Å². The van der Waals surface area contributed by atoms with Gasteiger partial charge in [0, 0.05) is 20.2 Å². The van der Waals surface area contributed by atoms with Crippen LogP contribution in [-0.4, -0.2) is 28.4 Å². The summed E-state index contributed by atoms with van der Waals surface area (Å²) in [6, 6.07) is 0.263. The molecule has 0 saturated carbocycles. The number of aromatic nitrogens is 3. The summed E-state index contributed by atoms with van der Waals surface area (Å²) in [4.78, 5) is 0. The Morgan fingerprint density at radius 1 is 1.44 bits per heavy atom. The van der Waals surface area contributed by atoms with Gasteiger partial charge in [-0.3, -0.25) is 0 Å². The third-order valence-corrected chi connectivity index (χ3v) is 2.94. The van der Waals surface area contributed by atoms with Crippen LogP contribution in [0, 0.1) is 5.41 Å². The summed E-state index contributed by atoms with van der Waals surface area (Å²) in [5, 5.41) is 12.0. The second-order valence-electron chi connectivity index (χ2n) is 5.31. The highest BCUT2D eigenvalue weighted by Crippen LogP contribution is 2.33. The van der Waals surface area contributed by atoms with Crippen molar-refractivity contribution in [2.75, 3.05) is 13.7 Å². The van der Waals surface area contributed by atoms with Gasteiger partial charge in [0.05, 0.1) is 6.04 Å². The van der Waals surface area contributed by atoms with Crippen molar-refractivity contribution in [1.82, 2.24) is 20.1 Å². The average molecular weight is 224 g/mol. The summed E-state index contributed by atoms with van der Waals surface area (Å²) in [5.74, 6) is 1.96. The molecule has 2 heterocycles. The summed E-state index contributed by atoms with van der Waals surface area (Å²) in [6.07, 6.45) is 0. The SMILES string of the molecule is COCc1nnc2n1CCNC2C(C)(C)C. The van der Waals surface area contributed by atoms with Crippen molar-refractivity contribution in [3.05, 3.63) is 11.6 Å². The predicted octanol–water partition coefficient (Wildman–Crippen LogP) is 1.11. The van der Waals surface area contributed by atoms with Gasteiger partial charge in [-0.25, -0.2) is 0 Å². The molecule has 0 radical (unpaired) electrons. The summed E-state index contributed by atoms with van der Waals surface area (Å²) in [5.41, 5.74) is 0.148. The van der Waals surface area contributed by atoms with Crippen LogP contribution in [0.3, 0.4) is 0 Å². The quantitative estimate of drug-likeness (QED) is 0.817. The van der Waals surface area contributed by atoms with E-state index in [1.807, 2.05) is 0 Å². The summed E-state index contributed by atoms with van der Waals surface area (Å²) in [6.45, 7) is 9.06. The number of nitrogens with one attached hydrogen (secondary N) is 1. The lowest BCUT2D eigenvalue weighted by Gasteiger charge is -2.34. The number of methoxy groups -OCH3 is 1. The fraction of sp³-hybridized carbons (Fsp3) is 0.818. The van der Waals surface area contributed by atoms with Gasteiger partial charge >= 0.3 is 0 Å². The van der Waals surface area contributed by atoms with Crippen molar-refractivity contribution >= 4 is 0 Å². The van der Waals surface area contributed by atoms with Crippen LogP contribution in [0.2, 0.25) is 0 Å². The zero-order valence-corrected chi connectivity index (χ0v) is 10.4. The molecule has 0 aliphatic carbocycles. The van der Waals surface area contributed by atoms with E-state index in [-0.39, 0.29) is 11.5 Å². The highest BCUT2D eigenvalue weighted by molar-refractivity contribution is 5.07. The molecular weight excluding hydrogens is 204 g/mol. The minimum Gasteiger partial charge on any atom is -0.377 e. The minimum atomic E-state index is 0.148. The molecule has 0 saturated heterocycles. The highest BCUT2D eigenvalue weighted by Gasteiger charge is 2.33. The second kappa shape index (κ2) is 4.14. The van der Waals surface area contributed by atoms with Crippen molar-refractivity contribution in [2.45, 2.75) is 40.0 Å². The van der Waals surface area contributed by atoms with Gasteiger partial charge in [0.25, 0.3) is 0 Å².